The molecule has 7 heteroatoms. The van der Waals surface area contributed by atoms with Gasteiger partial charge < -0.3 is 9.64 Å². The quantitative estimate of drug-likeness (QED) is 0.837. The molecule has 0 atom stereocenters. The third-order valence-corrected chi connectivity index (χ3v) is 2.12. The molecular weight excluding hydrogens is 249 g/mol. The third-order valence-electron chi connectivity index (χ3n) is 2.12. The molecule has 0 aliphatic heterocycles. The fourth-order valence-corrected chi connectivity index (χ4v) is 1.25. The van der Waals surface area contributed by atoms with Crippen molar-refractivity contribution >= 4 is 6.09 Å². The zero-order valence-electron chi connectivity index (χ0n) is 9.78. The van der Waals surface area contributed by atoms with Gasteiger partial charge in [0.2, 0.25) is 0 Å². The zero-order chi connectivity index (χ0) is 13.6. The van der Waals surface area contributed by atoms with Crippen LogP contribution in [0.5, 0.6) is 0 Å². The number of hydrogen-bond donors (Lipinski definition) is 0. The molecule has 18 heavy (non-hydrogen) atoms. The summed E-state index contributed by atoms with van der Waals surface area (Å²) in [5.74, 6) is 0. The summed E-state index contributed by atoms with van der Waals surface area (Å²) in [7, 11) is 0. The fraction of sp³-hybridized carbons (Fsp3) is 0.455. The Balaban J connectivity index is 2.53. The van der Waals surface area contributed by atoms with Crippen LogP contribution in [0.4, 0.5) is 18.0 Å². The van der Waals surface area contributed by atoms with Crippen LogP contribution in [-0.4, -0.2) is 35.3 Å². The second-order valence-corrected chi connectivity index (χ2v) is 3.54. The van der Waals surface area contributed by atoms with E-state index in [0.29, 0.717) is 0 Å². The molecule has 0 saturated carbocycles. The predicted molar refractivity (Wildman–Crippen MR) is 57.7 cm³/mol. The lowest BCUT2D eigenvalue weighted by Gasteiger charge is -2.20. The maximum Gasteiger partial charge on any atom is 0.422 e. The summed E-state index contributed by atoms with van der Waals surface area (Å²) in [6.45, 7) is 0.545. The third kappa shape index (κ3) is 5.03. The number of ether oxygens (including phenoxy) is 1. The monoisotopic (exact) mass is 262 g/mol. The number of halogens is 3. The van der Waals surface area contributed by atoms with Crippen LogP contribution >= 0.6 is 0 Å². The molecule has 1 aromatic heterocycles. The smallest absolute Gasteiger partial charge is 0.422 e. The van der Waals surface area contributed by atoms with Gasteiger partial charge in [0.1, 0.15) is 0 Å². The molecule has 0 unspecified atom stereocenters. The molecule has 100 valence electrons. The standard InChI is InChI=1S/C11H13F3N2O2/c1-2-16(7-9-3-5-15-6-4-9)10(17)18-8-11(12,13)14/h3-6H,2,7-8H2,1H3. The van der Waals surface area contributed by atoms with Crippen LogP contribution in [0.1, 0.15) is 12.5 Å². The topological polar surface area (TPSA) is 42.4 Å². The molecule has 0 N–H and O–H groups in total. The van der Waals surface area contributed by atoms with E-state index < -0.39 is 18.9 Å². The Morgan fingerprint density at radius 1 is 1.39 bits per heavy atom. The van der Waals surface area contributed by atoms with E-state index in [1.165, 1.54) is 4.90 Å². The van der Waals surface area contributed by atoms with Crippen molar-refractivity contribution in [3.05, 3.63) is 30.1 Å². The maximum atomic E-state index is 11.9. The number of aromatic nitrogens is 1. The number of carbonyl (C=O) groups excluding carboxylic acids is 1. The Kier molecular flexibility index (Phi) is 4.94. The molecule has 4 nitrogen and oxygen atoms in total. The van der Waals surface area contributed by atoms with E-state index in [-0.39, 0.29) is 13.1 Å². The first-order valence-corrected chi connectivity index (χ1v) is 5.29. The molecule has 0 aromatic carbocycles. The van der Waals surface area contributed by atoms with Crippen molar-refractivity contribution in [3.63, 3.8) is 0 Å². The highest BCUT2D eigenvalue weighted by Crippen LogP contribution is 2.15. The van der Waals surface area contributed by atoms with Crippen LogP contribution in [-0.2, 0) is 11.3 Å². The van der Waals surface area contributed by atoms with E-state index in [0.717, 1.165) is 5.56 Å². The highest BCUT2D eigenvalue weighted by Gasteiger charge is 2.30. The molecule has 0 aliphatic carbocycles. The van der Waals surface area contributed by atoms with Gasteiger partial charge in [0.05, 0.1) is 0 Å². The van der Waals surface area contributed by atoms with Crippen LogP contribution in [0.15, 0.2) is 24.5 Å². The van der Waals surface area contributed by atoms with E-state index >= 15 is 0 Å². The number of amides is 1. The lowest BCUT2D eigenvalue weighted by atomic mass is 10.2. The molecular formula is C11H13F3N2O2. The summed E-state index contributed by atoms with van der Waals surface area (Å²) in [5, 5.41) is 0. The fourth-order valence-electron chi connectivity index (χ4n) is 1.25. The molecule has 0 fully saturated rings. The van der Waals surface area contributed by atoms with Crippen molar-refractivity contribution in [3.8, 4) is 0 Å². The van der Waals surface area contributed by atoms with Gasteiger partial charge in [-0.3, -0.25) is 4.98 Å². The number of alkyl halides is 3. The largest absolute Gasteiger partial charge is 0.440 e. The van der Waals surface area contributed by atoms with Gasteiger partial charge in [-0.1, -0.05) is 0 Å². The summed E-state index contributed by atoms with van der Waals surface area (Å²) >= 11 is 0. The number of nitrogens with zero attached hydrogens (tertiary/aromatic N) is 2. The first-order chi connectivity index (χ1) is 8.42. The van der Waals surface area contributed by atoms with E-state index in [1.807, 2.05) is 0 Å². The molecule has 0 aliphatic rings. The van der Waals surface area contributed by atoms with E-state index in [2.05, 4.69) is 9.72 Å². The van der Waals surface area contributed by atoms with Gasteiger partial charge in [-0.2, -0.15) is 13.2 Å². The van der Waals surface area contributed by atoms with Crippen molar-refractivity contribution < 1.29 is 22.7 Å². The van der Waals surface area contributed by atoms with Crippen LogP contribution in [0, 0.1) is 0 Å². The van der Waals surface area contributed by atoms with Crippen LogP contribution in [0.25, 0.3) is 0 Å². The summed E-state index contributed by atoms with van der Waals surface area (Å²) in [4.78, 5) is 16.4. The molecule has 1 heterocycles. The first-order valence-electron chi connectivity index (χ1n) is 5.29. The van der Waals surface area contributed by atoms with Gasteiger partial charge in [0, 0.05) is 25.5 Å². The van der Waals surface area contributed by atoms with Crippen molar-refractivity contribution in [2.75, 3.05) is 13.2 Å². The lowest BCUT2D eigenvalue weighted by molar-refractivity contribution is -0.162. The normalized spacial score (nSPS) is 11.1. The number of pyridine rings is 1. The molecule has 0 spiro atoms. The summed E-state index contributed by atoms with van der Waals surface area (Å²) in [6, 6.07) is 3.36. The zero-order valence-corrected chi connectivity index (χ0v) is 9.78. The summed E-state index contributed by atoms with van der Waals surface area (Å²) < 4.78 is 39.9. The second-order valence-electron chi connectivity index (χ2n) is 3.54. The van der Waals surface area contributed by atoms with Gasteiger partial charge in [-0.25, -0.2) is 4.79 Å². The van der Waals surface area contributed by atoms with Crippen molar-refractivity contribution in [2.45, 2.75) is 19.6 Å². The average molecular weight is 262 g/mol. The first kappa shape index (κ1) is 14.3. The minimum absolute atomic E-state index is 0.190. The van der Waals surface area contributed by atoms with Crippen molar-refractivity contribution in [2.24, 2.45) is 0 Å². The average Bonchev–Trinajstić information content (AvgIpc) is 2.33. The lowest BCUT2D eigenvalue weighted by Crippen LogP contribution is -2.33. The molecule has 0 bridgehead atoms. The Bertz CT molecular complexity index is 382. The van der Waals surface area contributed by atoms with Crippen LogP contribution in [0.3, 0.4) is 0 Å². The number of carbonyl (C=O) groups is 1. The SMILES string of the molecule is CCN(Cc1ccncc1)C(=O)OCC(F)(F)F. The minimum Gasteiger partial charge on any atom is -0.440 e. The number of rotatable bonds is 4. The molecule has 1 amide bonds. The number of hydrogen-bond acceptors (Lipinski definition) is 3. The van der Waals surface area contributed by atoms with E-state index in [9.17, 15) is 18.0 Å². The van der Waals surface area contributed by atoms with Gasteiger partial charge in [0.25, 0.3) is 0 Å². The Hall–Kier alpha value is -1.79. The second kappa shape index (κ2) is 6.23. The van der Waals surface area contributed by atoms with Crippen LogP contribution < -0.4 is 0 Å². The Morgan fingerprint density at radius 3 is 2.50 bits per heavy atom. The molecule has 1 rings (SSSR count). The summed E-state index contributed by atoms with van der Waals surface area (Å²) in [6.07, 6.45) is -2.40. The van der Waals surface area contributed by atoms with Gasteiger partial charge in [-0.15, -0.1) is 0 Å². The molecule has 0 saturated heterocycles. The van der Waals surface area contributed by atoms with E-state index in [4.69, 9.17) is 0 Å². The molecule has 1 aromatic rings. The minimum atomic E-state index is -4.51. The van der Waals surface area contributed by atoms with Crippen molar-refractivity contribution in [1.82, 2.24) is 9.88 Å². The van der Waals surface area contributed by atoms with Gasteiger partial charge >= 0.3 is 12.3 Å². The highest BCUT2D eigenvalue weighted by atomic mass is 19.4. The maximum absolute atomic E-state index is 11.9. The van der Waals surface area contributed by atoms with Gasteiger partial charge in [0.15, 0.2) is 6.61 Å². The van der Waals surface area contributed by atoms with Gasteiger partial charge in [-0.05, 0) is 24.6 Å². The Labute approximate surface area is 102 Å². The van der Waals surface area contributed by atoms with E-state index in [1.54, 1.807) is 31.5 Å². The predicted octanol–water partition coefficient (Wildman–Crippen LogP) is 2.60. The Morgan fingerprint density at radius 2 is 2.00 bits per heavy atom. The highest BCUT2D eigenvalue weighted by molar-refractivity contribution is 5.67. The molecule has 0 radical (unpaired) electrons. The van der Waals surface area contributed by atoms with Crippen LogP contribution in [0.2, 0.25) is 0 Å². The van der Waals surface area contributed by atoms with Crippen molar-refractivity contribution in [1.29, 1.82) is 0 Å². The summed E-state index contributed by atoms with van der Waals surface area (Å²) in [5.41, 5.74) is 0.774.